The summed E-state index contributed by atoms with van der Waals surface area (Å²) in [5.41, 5.74) is 0.142. The highest BCUT2D eigenvalue weighted by Crippen LogP contribution is 2.19. The quantitative estimate of drug-likeness (QED) is 0.832. The van der Waals surface area contributed by atoms with Crippen molar-refractivity contribution in [1.82, 2.24) is 5.32 Å². The molecule has 0 aliphatic heterocycles. The van der Waals surface area contributed by atoms with Crippen LogP contribution in [0.2, 0.25) is 5.02 Å². The first-order valence-electron chi connectivity index (χ1n) is 4.84. The van der Waals surface area contributed by atoms with Gasteiger partial charge >= 0.3 is 0 Å². The predicted molar refractivity (Wildman–Crippen MR) is 63.6 cm³/mol. The lowest BCUT2D eigenvalue weighted by atomic mass is 10.2. The number of carbonyl (C=O) groups is 1. The fourth-order valence-electron chi connectivity index (χ4n) is 1.10. The summed E-state index contributed by atoms with van der Waals surface area (Å²) in [5.74, 6) is -0.365. The minimum Gasteiger partial charge on any atom is -0.352 e. The fourth-order valence-corrected chi connectivity index (χ4v) is 1.42. The van der Waals surface area contributed by atoms with E-state index in [1.807, 2.05) is 6.92 Å². The zero-order valence-electron chi connectivity index (χ0n) is 8.77. The van der Waals surface area contributed by atoms with Crippen molar-refractivity contribution in [1.29, 1.82) is 0 Å². The van der Waals surface area contributed by atoms with Gasteiger partial charge < -0.3 is 5.32 Å². The number of alkyl halides is 1. The van der Waals surface area contributed by atoms with Gasteiger partial charge in [-0.15, -0.1) is 11.6 Å². The van der Waals surface area contributed by atoms with Gasteiger partial charge in [0.15, 0.2) is 0 Å². The molecule has 0 aliphatic rings. The van der Waals surface area contributed by atoms with Crippen LogP contribution in [-0.4, -0.2) is 18.3 Å². The van der Waals surface area contributed by atoms with Crippen molar-refractivity contribution in [3.8, 4) is 0 Å². The van der Waals surface area contributed by atoms with Crippen molar-refractivity contribution >= 4 is 29.1 Å². The molecule has 0 saturated carbocycles. The number of amides is 1. The normalized spacial score (nSPS) is 12.2. The molecule has 0 spiro atoms. The Morgan fingerprint density at radius 1 is 1.56 bits per heavy atom. The number of rotatable bonds is 4. The Balaban J connectivity index is 2.70. The number of hydrogen-bond donors (Lipinski definition) is 1. The summed E-state index contributed by atoms with van der Waals surface area (Å²) < 4.78 is 13.1. The van der Waals surface area contributed by atoms with E-state index in [9.17, 15) is 9.18 Å². The van der Waals surface area contributed by atoms with E-state index < -0.39 is 5.82 Å². The van der Waals surface area contributed by atoms with Crippen LogP contribution in [0.1, 0.15) is 17.3 Å². The van der Waals surface area contributed by atoms with E-state index in [4.69, 9.17) is 23.2 Å². The lowest BCUT2D eigenvalue weighted by Crippen LogP contribution is -2.29. The highest BCUT2D eigenvalue weighted by molar-refractivity contribution is 6.34. The van der Waals surface area contributed by atoms with Gasteiger partial charge in [0.25, 0.3) is 5.91 Å². The third-order valence-corrected chi connectivity index (χ3v) is 2.98. The monoisotopic (exact) mass is 263 g/mol. The molecule has 0 bridgehead atoms. The van der Waals surface area contributed by atoms with Crippen LogP contribution in [0.5, 0.6) is 0 Å². The standard InChI is InChI=1S/C11H12Cl2FNO/c1-7(5-12)6-15-11(16)8-3-2-4-9(14)10(8)13/h2-4,7H,5-6H2,1H3,(H,15,16). The number of benzene rings is 1. The lowest BCUT2D eigenvalue weighted by molar-refractivity contribution is 0.0949. The van der Waals surface area contributed by atoms with Crippen LogP contribution < -0.4 is 5.32 Å². The van der Waals surface area contributed by atoms with Crippen molar-refractivity contribution in [2.24, 2.45) is 5.92 Å². The largest absolute Gasteiger partial charge is 0.352 e. The first-order valence-corrected chi connectivity index (χ1v) is 5.75. The Morgan fingerprint density at radius 2 is 2.25 bits per heavy atom. The van der Waals surface area contributed by atoms with E-state index in [0.29, 0.717) is 12.4 Å². The van der Waals surface area contributed by atoms with E-state index in [2.05, 4.69) is 5.32 Å². The maximum Gasteiger partial charge on any atom is 0.252 e. The molecule has 16 heavy (non-hydrogen) atoms. The SMILES string of the molecule is CC(CCl)CNC(=O)c1cccc(F)c1Cl. The summed E-state index contributed by atoms with van der Waals surface area (Å²) in [4.78, 5) is 11.6. The molecule has 2 nitrogen and oxygen atoms in total. The summed E-state index contributed by atoms with van der Waals surface area (Å²) in [6, 6.07) is 4.13. The maximum absolute atomic E-state index is 13.1. The highest BCUT2D eigenvalue weighted by atomic mass is 35.5. The molecule has 0 aliphatic carbocycles. The zero-order chi connectivity index (χ0) is 12.1. The molecule has 0 aromatic heterocycles. The molecule has 1 aromatic rings. The second-order valence-electron chi connectivity index (χ2n) is 3.57. The van der Waals surface area contributed by atoms with Crippen molar-refractivity contribution < 1.29 is 9.18 Å². The molecule has 1 atom stereocenters. The Morgan fingerprint density at radius 3 is 2.88 bits per heavy atom. The van der Waals surface area contributed by atoms with Crippen molar-refractivity contribution in [3.05, 3.63) is 34.6 Å². The summed E-state index contributed by atoms with van der Waals surface area (Å²) in [6.07, 6.45) is 0. The van der Waals surface area contributed by atoms with Gasteiger partial charge in [-0.3, -0.25) is 4.79 Å². The second kappa shape index (κ2) is 6.06. The average Bonchev–Trinajstić information content (AvgIpc) is 2.29. The molecule has 0 fully saturated rings. The predicted octanol–water partition coefficient (Wildman–Crippen LogP) is 3.08. The van der Waals surface area contributed by atoms with E-state index >= 15 is 0 Å². The Kier molecular flexibility index (Phi) is 5.03. The first-order chi connectivity index (χ1) is 7.56. The Labute approximate surface area is 104 Å². The van der Waals surface area contributed by atoms with Crippen molar-refractivity contribution in [2.45, 2.75) is 6.92 Å². The molecular weight excluding hydrogens is 252 g/mol. The summed E-state index contributed by atoms with van der Waals surface area (Å²) in [7, 11) is 0. The minimum absolute atomic E-state index is 0.142. The molecule has 1 unspecified atom stereocenters. The molecule has 0 heterocycles. The van der Waals surface area contributed by atoms with Gasteiger partial charge in [-0.1, -0.05) is 24.6 Å². The van der Waals surface area contributed by atoms with Crippen molar-refractivity contribution in [2.75, 3.05) is 12.4 Å². The molecule has 0 radical (unpaired) electrons. The van der Waals surface area contributed by atoms with Gasteiger partial charge in [0.2, 0.25) is 0 Å². The Bertz CT molecular complexity index is 384. The lowest BCUT2D eigenvalue weighted by Gasteiger charge is -2.10. The van der Waals surface area contributed by atoms with Gasteiger partial charge in [0.1, 0.15) is 5.82 Å². The number of carbonyl (C=O) groups excluding carboxylic acids is 1. The van der Waals surface area contributed by atoms with Crippen LogP contribution in [0.25, 0.3) is 0 Å². The van der Waals surface area contributed by atoms with Crippen LogP contribution in [0.3, 0.4) is 0 Å². The fraction of sp³-hybridized carbons (Fsp3) is 0.364. The van der Waals surface area contributed by atoms with E-state index in [0.717, 1.165) is 0 Å². The summed E-state index contributed by atoms with van der Waals surface area (Å²) in [6.45, 7) is 2.34. The average molecular weight is 264 g/mol. The Hall–Kier alpha value is -0.800. The number of halogens is 3. The van der Waals surface area contributed by atoms with Gasteiger partial charge in [-0.2, -0.15) is 0 Å². The van der Waals surface area contributed by atoms with Gasteiger partial charge in [0, 0.05) is 12.4 Å². The van der Waals surface area contributed by atoms with Gasteiger partial charge in [-0.25, -0.2) is 4.39 Å². The smallest absolute Gasteiger partial charge is 0.252 e. The summed E-state index contributed by atoms with van der Waals surface area (Å²) in [5, 5.41) is 2.49. The molecule has 5 heteroatoms. The molecule has 0 saturated heterocycles. The third-order valence-electron chi connectivity index (χ3n) is 2.07. The molecule has 1 amide bonds. The highest BCUT2D eigenvalue weighted by Gasteiger charge is 2.13. The van der Waals surface area contributed by atoms with Crippen LogP contribution in [0.4, 0.5) is 4.39 Å². The van der Waals surface area contributed by atoms with Crippen LogP contribution in [0, 0.1) is 11.7 Å². The zero-order valence-corrected chi connectivity index (χ0v) is 10.3. The van der Waals surface area contributed by atoms with Gasteiger partial charge in [-0.05, 0) is 18.1 Å². The summed E-state index contributed by atoms with van der Waals surface area (Å²) >= 11 is 11.3. The van der Waals surface area contributed by atoms with E-state index in [1.165, 1.54) is 18.2 Å². The third kappa shape index (κ3) is 3.35. The molecule has 1 aromatic carbocycles. The molecule has 88 valence electrons. The topological polar surface area (TPSA) is 29.1 Å². The molecule has 1 N–H and O–H groups in total. The first kappa shape index (κ1) is 13.3. The molecule has 1 rings (SSSR count). The van der Waals surface area contributed by atoms with E-state index in [1.54, 1.807) is 0 Å². The second-order valence-corrected chi connectivity index (χ2v) is 4.26. The van der Waals surface area contributed by atoms with Crippen LogP contribution >= 0.6 is 23.2 Å². The van der Waals surface area contributed by atoms with Crippen LogP contribution in [0.15, 0.2) is 18.2 Å². The van der Waals surface area contributed by atoms with Crippen LogP contribution in [-0.2, 0) is 0 Å². The number of hydrogen-bond acceptors (Lipinski definition) is 1. The minimum atomic E-state index is -0.597. The maximum atomic E-state index is 13.1. The number of nitrogens with one attached hydrogen (secondary N) is 1. The van der Waals surface area contributed by atoms with Crippen molar-refractivity contribution in [3.63, 3.8) is 0 Å². The molecular formula is C11H12Cl2FNO. The van der Waals surface area contributed by atoms with E-state index in [-0.39, 0.29) is 22.4 Å². The van der Waals surface area contributed by atoms with Gasteiger partial charge in [0.05, 0.1) is 10.6 Å².